The summed E-state index contributed by atoms with van der Waals surface area (Å²) in [6, 6.07) is 15.6. The number of para-hydroxylation sites is 2. The van der Waals surface area contributed by atoms with Crippen LogP contribution in [0.4, 0.5) is 5.00 Å². The van der Waals surface area contributed by atoms with E-state index >= 15 is 0 Å². The van der Waals surface area contributed by atoms with E-state index in [9.17, 15) is 9.59 Å². The van der Waals surface area contributed by atoms with Crippen molar-refractivity contribution in [2.75, 3.05) is 12.4 Å². The number of hydrogen-bond acceptors (Lipinski definition) is 7. The molecular formula is C24H20N2O4S2. The molecule has 4 aromatic rings. The minimum Gasteiger partial charge on any atom is -0.465 e. The fraction of sp³-hybridized carbons (Fsp3) is 0.208. The Hall–Kier alpha value is -3.10. The van der Waals surface area contributed by atoms with Crippen molar-refractivity contribution in [2.45, 2.75) is 30.2 Å². The number of fused-ring (bicyclic) bond motifs is 4. The maximum absolute atomic E-state index is 13.0. The van der Waals surface area contributed by atoms with Gasteiger partial charge in [0, 0.05) is 4.88 Å². The van der Waals surface area contributed by atoms with Gasteiger partial charge in [-0.3, -0.25) is 4.79 Å². The standard InChI is InChI=1S/C24H20N2O4S2/c1-13(31-24-25-17-9-5-6-10-18(17)30-24)21(27)26-22-19(23(28)29-2)16-12-11-14-7-3-4-8-15(14)20(16)32-22/h3-10,13H,11-12H2,1-2H3,(H,26,27). The predicted octanol–water partition coefficient (Wildman–Crippen LogP) is 5.56. The number of carbonyl (C=O) groups excluding carboxylic acids is 2. The molecule has 0 radical (unpaired) electrons. The molecule has 162 valence electrons. The smallest absolute Gasteiger partial charge is 0.341 e. The number of carbonyl (C=O) groups is 2. The lowest BCUT2D eigenvalue weighted by Gasteiger charge is -2.16. The number of hydrogen-bond donors (Lipinski definition) is 1. The first-order valence-electron chi connectivity index (χ1n) is 10.2. The van der Waals surface area contributed by atoms with Gasteiger partial charge in [-0.2, -0.15) is 0 Å². The van der Waals surface area contributed by atoms with Crippen molar-refractivity contribution >= 4 is 51.1 Å². The summed E-state index contributed by atoms with van der Waals surface area (Å²) in [5.41, 5.74) is 5.18. The maximum Gasteiger partial charge on any atom is 0.341 e. The first kappa shape index (κ1) is 20.8. The molecule has 6 nitrogen and oxygen atoms in total. The minimum atomic E-state index is -0.472. The second-order valence-electron chi connectivity index (χ2n) is 7.46. The van der Waals surface area contributed by atoms with Gasteiger partial charge in [-0.25, -0.2) is 9.78 Å². The Morgan fingerprint density at radius 2 is 1.94 bits per heavy atom. The van der Waals surface area contributed by atoms with Crippen LogP contribution in [0.2, 0.25) is 0 Å². The van der Waals surface area contributed by atoms with Crippen LogP contribution in [-0.2, 0) is 22.4 Å². The molecule has 1 aliphatic rings. The third-order valence-corrected chi connectivity index (χ3v) is 7.59. The molecule has 32 heavy (non-hydrogen) atoms. The number of methoxy groups -OCH3 is 1. The number of ether oxygens (including phenoxy) is 1. The first-order valence-corrected chi connectivity index (χ1v) is 11.9. The van der Waals surface area contributed by atoms with E-state index in [1.54, 1.807) is 6.92 Å². The number of oxazole rings is 1. The summed E-state index contributed by atoms with van der Waals surface area (Å²) in [4.78, 5) is 31.1. The summed E-state index contributed by atoms with van der Waals surface area (Å²) in [5.74, 6) is -0.661. The molecule has 2 heterocycles. The third-order valence-electron chi connectivity index (χ3n) is 5.46. The van der Waals surface area contributed by atoms with Gasteiger partial charge < -0.3 is 14.5 Å². The summed E-state index contributed by atoms with van der Waals surface area (Å²) < 4.78 is 10.8. The van der Waals surface area contributed by atoms with Gasteiger partial charge in [-0.15, -0.1) is 11.3 Å². The Balaban J connectivity index is 1.42. The maximum atomic E-state index is 13.0. The van der Waals surface area contributed by atoms with Gasteiger partial charge in [0.15, 0.2) is 5.58 Å². The topological polar surface area (TPSA) is 81.4 Å². The molecule has 0 fully saturated rings. The number of rotatable bonds is 5. The van der Waals surface area contributed by atoms with Crippen LogP contribution in [0, 0.1) is 0 Å². The molecular weight excluding hydrogens is 444 g/mol. The van der Waals surface area contributed by atoms with Gasteiger partial charge in [-0.05, 0) is 48.6 Å². The van der Waals surface area contributed by atoms with E-state index in [0.29, 0.717) is 21.4 Å². The summed E-state index contributed by atoms with van der Waals surface area (Å²) in [7, 11) is 1.36. The Morgan fingerprint density at radius 3 is 2.75 bits per heavy atom. The van der Waals surface area contributed by atoms with Crippen LogP contribution >= 0.6 is 23.1 Å². The van der Waals surface area contributed by atoms with Crippen molar-refractivity contribution in [3.05, 3.63) is 65.2 Å². The van der Waals surface area contributed by atoms with Gasteiger partial charge in [0.25, 0.3) is 5.22 Å². The van der Waals surface area contributed by atoms with E-state index in [0.717, 1.165) is 34.4 Å². The van der Waals surface area contributed by atoms with E-state index in [-0.39, 0.29) is 5.91 Å². The normalized spacial score (nSPS) is 13.3. The quantitative estimate of drug-likeness (QED) is 0.308. The number of amides is 1. The SMILES string of the molecule is COC(=O)c1c(NC(=O)C(C)Sc2nc3ccccc3o2)sc2c1CCc1ccccc1-2. The lowest BCUT2D eigenvalue weighted by molar-refractivity contribution is -0.115. The van der Waals surface area contributed by atoms with Crippen LogP contribution in [0.1, 0.15) is 28.4 Å². The molecule has 0 saturated heterocycles. The van der Waals surface area contributed by atoms with Crippen LogP contribution in [0.25, 0.3) is 21.5 Å². The molecule has 2 aromatic carbocycles. The Kier molecular flexibility index (Phi) is 5.48. The fourth-order valence-electron chi connectivity index (χ4n) is 3.87. The Bertz CT molecular complexity index is 1310. The lowest BCUT2D eigenvalue weighted by Crippen LogP contribution is -2.23. The summed E-state index contributed by atoms with van der Waals surface area (Å²) in [6.07, 6.45) is 1.58. The molecule has 0 saturated carbocycles. The van der Waals surface area contributed by atoms with Crippen LogP contribution in [0.5, 0.6) is 0 Å². The molecule has 2 aromatic heterocycles. The number of nitrogens with zero attached hydrogens (tertiary/aromatic N) is 1. The highest BCUT2D eigenvalue weighted by Crippen LogP contribution is 2.45. The Labute approximate surface area is 193 Å². The molecule has 0 bridgehead atoms. The summed E-state index contributed by atoms with van der Waals surface area (Å²) >= 11 is 2.66. The van der Waals surface area contributed by atoms with Crippen molar-refractivity contribution in [3.63, 3.8) is 0 Å². The van der Waals surface area contributed by atoms with Crippen molar-refractivity contribution < 1.29 is 18.7 Å². The third kappa shape index (κ3) is 3.69. The molecule has 1 atom stereocenters. The highest BCUT2D eigenvalue weighted by molar-refractivity contribution is 8.00. The number of thiophene rings is 1. The van der Waals surface area contributed by atoms with Gasteiger partial charge in [-0.1, -0.05) is 48.2 Å². The second kappa shape index (κ2) is 8.44. The molecule has 1 unspecified atom stereocenters. The van der Waals surface area contributed by atoms with Crippen molar-refractivity contribution in [1.82, 2.24) is 4.98 Å². The van der Waals surface area contributed by atoms with E-state index in [2.05, 4.69) is 22.4 Å². The molecule has 8 heteroatoms. The second-order valence-corrected chi connectivity index (χ2v) is 9.77. The molecule has 5 rings (SSSR count). The number of thioether (sulfide) groups is 1. The van der Waals surface area contributed by atoms with Crippen LogP contribution in [0.3, 0.4) is 0 Å². The van der Waals surface area contributed by atoms with Crippen molar-refractivity contribution in [2.24, 2.45) is 0 Å². The van der Waals surface area contributed by atoms with E-state index in [1.165, 1.54) is 35.8 Å². The highest BCUT2D eigenvalue weighted by atomic mass is 32.2. The van der Waals surface area contributed by atoms with E-state index in [4.69, 9.17) is 9.15 Å². The zero-order valence-electron chi connectivity index (χ0n) is 17.5. The number of aryl methyl sites for hydroxylation is 1. The minimum absolute atomic E-state index is 0.228. The van der Waals surface area contributed by atoms with Gasteiger partial charge >= 0.3 is 5.97 Å². The fourth-order valence-corrected chi connectivity index (χ4v) is 5.92. The van der Waals surface area contributed by atoms with Crippen molar-refractivity contribution in [1.29, 1.82) is 0 Å². The molecule has 1 aliphatic carbocycles. The van der Waals surface area contributed by atoms with Crippen LogP contribution < -0.4 is 5.32 Å². The van der Waals surface area contributed by atoms with E-state index < -0.39 is 11.2 Å². The van der Waals surface area contributed by atoms with Crippen LogP contribution in [-0.4, -0.2) is 29.2 Å². The summed E-state index contributed by atoms with van der Waals surface area (Å²) in [6.45, 7) is 1.79. The van der Waals surface area contributed by atoms with E-state index in [1.807, 2.05) is 36.4 Å². The van der Waals surface area contributed by atoms with Gasteiger partial charge in [0.1, 0.15) is 10.5 Å². The number of esters is 1. The molecule has 0 aliphatic heterocycles. The van der Waals surface area contributed by atoms with Crippen molar-refractivity contribution in [3.8, 4) is 10.4 Å². The largest absolute Gasteiger partial charge is 0.465 e. The Morgan fingerprint density at radius 1 is 1.16 bits per heavy atom. The van der Waals surface area contributed by atoms with Crippen LogP contribution in [0.15, 0.2) is 58.2 Å². The van der Waals surface area contributed by atoms with Gasteiger partial charge in [0.2, 0.25) is 5.91 Å². The monoisotopic (exact) mass is 464 g/mol. The molecule has 1 N–H and O–H groups in total. The summed E-state index contributed by atoms with van der Waals surface area (Å²) in [5, 5.41) is 3.44. The zero-order valence-corrected chi connectivity index (χ0v) is 19.1. The average molecular weight is 465 g/mol. The predicted molar refractivity (Wildman–Crippen MR) is 126 cm³/mol. The number of anilines is 1. The lowest BCUT2D eigenvalue weighted by atomic mass is 9.89. The number of aromatic nitrogens is 1. The molecule has 1 amide bonds. The van der Waals surface area contributed by atoms with Gasteiger partial charge in [0.05, 0.1) is 17.9 Å². The highest BCUT2D eigenvalue weighted by Gasteiger charge is 2.30. The zero-order chi connectivity index (χ0) is 22.2. The number of benzene rings is 2. The first-order chi connectivity index (χ1) is 15.5. The molecule has 0 spiro atoms. The average Bonchev–Trinajstić information content (AvgIpc) is 3.38. The number of nitrogens with one attached hydrogen (secondary N) is 1.